The lowest BCUT2D eigenvalue weighted by Crippen LogP contribution is -2.37. The standard InChI is InChI=1S/C21H22FN3O3/c1-21(2)4-6-25(7-5-21)16-8-12-15(9-14(16)22)23-10-17-18(12)19(26)13(20(27)28)11-24(17)3/h8-11H,4-7H2,1-3H3,(H,27,28). The lowest BCUT2D eigenvalue weighted by molar-refractivity contribution is 0.0695. The highest BCUT2D eigenvalue weighted by Crippen LogP contribution is 2.35. The molecule has 4 rings (SSSR count). The average Bonchev–Trinajstić information content (AvgIpc) is 2.63. The quantitative estimate of drug-likeness (QED) is 0.685. The van der Waals surface area contributed by atoms with Gasteiger partial charge in [-0.15, -0.1) is 0 Å². The number of fused-ring (bicyclic) bond motifs is 3. The zero-order valence-corrected chi connectivity index (χ0v) is 16.1. The summed E-state index contributed by atoms with van der Waals surface area (Å²) in [4.78, 5) is 30.6. The molecular formula is C21H22FN3O3. The molecule has 0 bridgehead atoms. The number of aromatic nitrogens is 2. The summed E-state index contributed by atoms with van der Waals surface area (Å²) in [6, 6.07) is 2.97. The van der Waals surface area contributed by atoms with Gasteiger partial charge in [0.15, 0.2) is 0 Å². The number of pyridine rings is 2. The minimum Gasteiger partial charge on any atom is -0.477 e. The molecule has 1 aliphatic heterocycles. The number of hydrogen-bond acceptors (Lipinski definition) is 4. The first-order valence-corrected chi connectivity index (χ1v) is 9.28. The van der Waals surface area contributed by atoms with Crippen LogP contribution in [0.2, 0.25) is 0 Å². The molecule has 1 aromatic carbocycles. The van der Waals surface area contributed by atoms with E-state index >= 15 is 0 Å². The molecule has 0 unspecified atom stereocenters. The van der Waals surface area contributed by atoms with Gasteiger partial charge in [-0.2, -0.15) is 0 Å². The van der Waals surface area contributed by atoms with Crippen molar-refractivity contribution in [2.24, 2.45) is 12.5 Å². The Labute approximate surface area is 161 Å². The molecule has 3 heterocycles. The average molecular weight is 383 g/mol. The molecule has 0 radical (unpaired) electrons. The summed E-state index contributed by atoms with van der Waals surface area (Å²) in [6.07, 6.45) is 4.66. The Morgan fingerprint density at radius 2 is 1.93 bits per heavy atom. The van der Waals surface area contributed by atoms with Crippen LogP contribution in [-0.4, -0.2) is 33.7 Å². The fourth-order valence-electron chi connectivity index (χ4n) is 3.90. The minimum absolute atomic E-state index is 0.227. The van der Waals surface area contributed by atoms with Gasteiger partial charge in [0.25, 0.3) is 0 Å². The number of hydrogen-bond donors (Lipinski definition) is 1. The minimum atomic E-state index is -1.28. The monoisotopic (exact) mass is 383 g/mol. The molecule has 0 spiro atoms. The molecule has 6 nitrogen and oxygen atoms in total. The van der Waals surface area contributed by atoms with E-state index in [9.17, 15) is 19.1 Å². The number of aromatic carboxylic acids is 1. The maximum Gasteiger partial charge on any atom is 0.341 e. The predicted octanol–water partition coefficient (Wildman–Crippen LogP) is 3.55. The summed E-state index contributed by atoms with van der Waals surface area (Å²) in [5.74, 6) is -1.67. The molecular weight excluding hydrogens is 361 g/mol. The van der Waals surface area contributed by atoms with Crippen LogP contribution in [0.4, 0.5) is 10.1 Å². The highest BCUT2D eigenvalue weighted by Gasteiger charge is 2.27. The maximum atomic E-state index is 14.8. The van der Waals surface area contributed by atoms with Gasteiger partial charge < -0.3 is 14.6 Å². The largest absolute Gasteiger partial charge is 0.477 e. The number of nitrogens with zero attached hydrogens (tertiary/aromatic N) is 3. The number of carbonyl (C=O) groups is 1. The summed E-state index contributed by atoms with van der Waals surface area (Å²) in [6.45, 7) is 5.86. The van der Waals surface area contributed by atoms with Crippen molar-refractivity contribution in [3.05, 3.63) is 46.1 Å². The molecule has 7 heteroatoms. The number of anilines is 1. The molecule has 0 atom stereocenters. The molecule has 0 amide bonds. The van der Waals surface area contributed by atoms with Gasteiger partial charge in [0, 0.05) is 37.8 Å². The Bertz CT molecular complexity index is 1170. The van der Waals surface area contributed by atoms with E-state index in [1.54, 1.807) is 17.7 Å². The van der Waals surface area contributed by atoms with Gasteiger partial charge in [-0.25, -0.2) is 9.18 Å². The van der Waals surface area contributed by atoms with Crippen molar-refractivity contribution in [2.45, 2.75) is 26.7 Å². The van der Waals surface area contributed by atoms with Crippen LogP contribution in [0.3, 0.4) is 0 Å². The van der Waals surface area contributed by atoms with Gasteiger partial charge in [-0.3, -0.25) is 9.78 Å². The van der Waals surface area contributed by atoms with E-state index in [2.05, 4.69) is 18.8 Å². The SMILES string of the molecule is Cn1cc(C(=O)O)c(=O)c2c3cc(N4CCC(C)(C)CC4)c(F)cc3ncc21. The molecule has 0 saturated carbocycles. The Balaban J connectivity index is 1.98. The molecule has 146 valence electrons. The van der Waals surface area contributed by atoms with Crippen molar-refractivity contribution in [3.8, 4) is 0 Å². The normalized spacial score (nSPS) is 16.6. The summed E-state index contributed by atoms with van der Waals surface area (Å²) in [5.41, 5.74) is 0.619. The number of piperidine rings is 1. The summed E-state index contributed by atoms with van der Waals surface area (Å²) in [5, 5.41) is 10.1. The van der Waals surface area contributed by atoms with Gasteiger partial charge in [-0.05, 0) is 24.3 Å². The van der Waals surface area contributed by atoms with E-state index in [0.717, 1.165) is 25.9 Å². The first-order chi connectivity index (χ1) is 13.2. The zero-order valence-electron chi connectivity index (χ0n) is 16.1. The van der Waals surface area contributed by atoms with Gasteiger partial charge >= 0.3 is 5.97 Å². The van der Waals surface area contributed by atoms with Crippen LogP contribution in [-0.2, 0) is 7.05 Å². The van der Waals surface area contributed by atoms with E-state index in [1.807, 2.05) is 4.90 Å². The third-order valence-corrected chi connectivity index (χ3v) is 5.78. The Morgan fingerprint density at radius 3 is 2.57 bits per heavy atom. The zero-order chi connectivity index (χ0) is 20.2. The van der Waals surface area contributed by atoms with Crippen LogP contribution in [0.25, 0.3) is 21.8 Å². The van der Waals surface area contributed by atoms with Crippen LogP contribution in [0.1, 0.15) is 37.0 Å². The van der Waals surface area contributed by atoms with Crippen molar-refractivity contribution in [1.82, 2.24) is 9.55 Å². The van der Waals surface area contributed by atoms with Crippen molar-refractivity contribution in [2.75, 3.05) is 18.0 Å². The fourth-order valence-corrected chi connectivity index (χ4v) is 3.90. The molecule has 1 N–H and O–H groups in total. The Hall–Kier alpha value is -2.96. The molecule has 1 aliphatic rings. The molecule has 1 saturated heterocycles. The summed E-state index contributed by atoms with van der Waals surface area (Å²) < 4.78 is 16.4. The number of aryl methyl sites for hydroxylation is 1. The Morgan fingerprint density at radius 1 is 1.25 bits per heavy atom. The topological polar surface area (TPSA) is 75.4 Å². The van der Waals surface area contributed by atoms with Gasteiger partial charge in [0.2, 0.25) is 5.43 Å². The van der Waals surface area contributed by atoms with E-state index in [1.165, 1.54) is 18.5 Å². The van der Waals surface area contributed by atoms with Crippen LogP contribution in [0, 0.1) is 11.2 Å². The van der Waals surface area contributed by atoms with Crippen LogP contribution in [0.15, 0.2) is 29.3 Å². The second-order valence-corrected chi connectivity index (χ2v) is 8.28. The molecule has 28 heavy (non-hydrogen) atoms. The molecule has 2 aromatic heterocycles. The number of benzene rings is 1. The highest BCUT2D eigenvalue weighted by atomic mass is 19.1. The molecule has 3 aromatic rings. The van der Waals surface area contributed by atoms with Gasteiger partial charge in [0.1, 0.15) is 11.4 Å². The van der Waals surface area contributed by atoms with E-state index in [4.69, 9.17) is 0 Å². The lowest BCUT2D eigenvalue weighted by Gasteiger charge is -2.38. The van der Waals surface area contributed by atoms with Crippen molar-refractivity contribution < 1.29 is 14.3 Å². The number of rotatable bonds is 2. The number of halogens is 1. The summed E-state index contributed by atoms with van der Waals surface area (Å²) in [7, 11) is 1.67. The second-order valence-electron chi connectivity index (χ2n) is 8.28. The van der Waals surface area contributed by atoms with Crippen LogP contribution >= 0.6 is 0 Å². The number of carboxylic acid groups (broad SMARTS) is 1. The van der Waals surface area contributed by atoms with Crippen molar-refractivity contribution >= 4 is 33.5 Å². The number of carboxylic acids is 1. The Kier molecular flexibility index (Phi) is 4.14. The van der Waals surface area contributed by atoms with E-state index < -0.39 is 11.4 Å². The second kappa shape index (κ2) is 6.29. The molecule has 1 fully saturated rings. The van der Waals surface area contributed by atoms with Gasteiger partial charge in [0.05, 0.1) is 28.3 Å². The van der Waals surface area contributed by atoms with Crippen molar-refractivity contribution in [3.63, 3.8) is 0 Å². The highest BCUT2D eigenvalue weighted by molar-refractivity contribution is 6.07. The predicted molar refractivity (Wildman–Crippen MR) is 107 cm³/mol. The molecule has 0 aliphatic carbocycles. The smallest absolute Gasteiger partial charge is 0.341 e. The third kappa shape index (κ3) is 2.91. The van der Waals surface area contributed by atoms with Crippen molar-refractivity contribution in [1.29, 1.82) is 0 Å². The van der Waals surface area contributed by atoms with E-state index in [0.29, 0.717) is 22.1 Å². The first-order valence-electron chi connectivity index (χ1n) is 9.28. The van der Waals surface area contributed by atoms with Crippen LogP contribution < -0.4 is 10.3 Å². The maximum absolute atomic E-state index is 14.8. The van der Waals surface area contributed by atoms with Gasteiger partial charge in [-0.1, -0.05) is 13.8 Å². The van der Waals surface area contributed by atoms with E-state index in [-0.39, 0.29) is 22.2 Å². The lowest BCUT2D eigenvalue weighted by atomic mass is 9.82. The van der Waals surface area contributed by atoms with Crippen LogP contribution in [0.5, 0.6) is 0 Å². The summed E-state index contributed by atoms with van der Waals surface area (Å²) >= 11 is 0. The first kappa shape index (κ1) is 18.4. The fraction of sp³-hybridized carbons (Fsp3) is 0.381. The third-order valence-electron chi connectivity index (χ3n) is 5.78.